The van der Waals surface area contributed by atoms with Crippen LogP contribution in [0, 0.1) is 0 Å². The minimum atomic E-state index is -0.266. The maximum Gasteiger partial charge on any atom is 0.135 e. The molecule has 5 nitrogen and oxygen atoms in total. The Labute approximate surface area is 107 Å². The lowest BCUT2D eigenvalue weighted by Crippen LogP contribution is -2.33. The molecular formula is C13H21N3O2. The summed E-state index contributed by atoms with van der Waals surface area (Å²) < 4.78 is 7.67. The van der Waals surface area contributed by atoms with Gasteiger partial charge < -0.3 is 14.4 Å². The monoisotopic (exact) mass is 251 g/mol. The lowest BCUT2D eigenvalue weighted by molar-refractivity contribution is 0.0778. The Morgan fingerprint density at radius 2 is 2.44 bits per heavy atom. The van der Waals surface area contributed by atoms with Gasteiger partial charge in [0.2, 0.25) is 0 Å². The van der Waals surface area contributed by atoms with Crippen LogP contribution in [0.1, 0.15) is 31.3 Å². The first kappa shape index (κ1) is 12.1. The highest BCUT2D eigenvalue weighted by atomic mass is 16.5. The molecule has 18 heavy (non-hydrogen) atoms. The molecule has 0 saturated heterocycles. The molecule has 1 atom stereocenters. The van der Waals surface area contributed by atoms with Crippen LogP contribution in [-0.4, -0.2) is 44.9 Å². The number of aromatic nitrogens is 2. The summed E-state index contributed by atoms with van der Waals surface area (Å²) in [5.74, 6) is 1.03. The van der Waals surface area contributed by atoms with Gasteiger partial charge in [0.25, 0.3) is 0 Å². The van der Waals surface area contributed by atoms with Crippen molar-refractivity contribution >= 4 is 0 Å². The first-order valence-electron chi connectivity index (χ1n) is 6.77. The van der Waals surface area contributed by atoms with Gasteiger partial charge in [-0.05, 0) is 19.8 Å². The molecule has 1 fully saturated rings. The van der Waals surface area contributed by atoms with Crippen LogP contribution in [-0.2, 0) is 24.4 Å². The molecular weight excluding hydrogens is 230 g/mol. The normalized spacial score (nSPS) is 21.1. The van der Waals surface area contributed by atoms with Crippen molar-refractivity contribution < 1.29 is 9.84 Å². The van der Waals surface area contributed by atoms with E-state index in [1.54, 1.807) is 0 Å². The molecule has 0 spiro atoms. The van der Waals surface area contributed by atoms with Crippen molar-refractivity contribution in [2.45, 2.75) is 51.6 Å². The molecule has 0 amide bonds. The van der Waals surface area contributed by atoms with Crippen LogP contribution in [0.5, 0.6) is 0 Å². The third-order valence-electron chi connectivity index (χ3n) is 3.64. The van der Waals surface area contributed by atoms with Crippen LogP contribution in [0.15, 0.2) is 6.20 Å². The Kier molecular flexibility index (Phi) is 3.37. The Bertz CT molecular complexity index is 412. The number of hydrogen-bond donors (Lipinski definition) is 1. The van der Waals surface area contributed by atoms with Crippen LogP contribution in [0.3, 0.4) is 0 Å². The van der Waals surface area contributed by atoms with Crippen molar-refractivity contribution in [2.75, 3.05) is 13.2 Å². The molecule has 0 radical (unpaired) electrons. The highest BCUT2D eigenvalue weighted by molar-refractivity contribution is 5.07. The summed E-state index contributed by atoms with van der Waals surface area (Å²) in [6.45, 7) is 5.80. The lowest BCUT2D eigenvalue weighted by atomic mass is 10.3. The molecule has 2 aliphatic rings. The van der Waals surface area contributed by atoms with Crippen molar-refractivity contribution in [1.29, 1.82) is 0 Å². The Morgan fingerprint density at radius 1 is 1.61 bits per heavy atom. The molecule has 1 aliphatic heterocycles. The zero-order valence-corrected chi connectivity index (χ0v) is 10.9. The summed E-state index contributed by atoms with van der Waals surface area (Å²) in [6.07, 6.45) is 4.22. The molecule has 100 valence electrons. The fourth-order valence-corrected chi connectivity index (χ4v) is 2.62. The summed E-state index contributed by atoms with van der Waals surface area (Å²) in [5, 5.41) is 9.58. The summed E-state index contributed by atoms with van der Waals surface area (Å²) in [6, 6.07) is 0.658. The van der Waals surface area contributed by atoms with E-state index >= 15 is 0 Å². The molecule has 1 aromatic heterocycles. The number of hydrogen-bond acceptors (Lipinski definition) is 4. The number of rotatable bonds is 5. The second-order valence-electron chi connectivity index (χ2n) is 5.38. The van der Waals surface area contributed by atoms with Gasteiger partial charge in [-0.1, -0.05) is 0 Å². The van der Waals surface area contributed by atoms with Gasteiger partial charge in [0.15, 0.2) is 0 Å². The zero-order valence-electron chi connectivity index (χ0n) is 10.9. The summed E-state index contributed by atoms with van der Waals surface area (Å²) in [5.41, 5.74) is 1.25. The second-order valence-corrected chi connectivity index (χ2v) is 5.38. The van der Waals surface area contributed by atoms with E-state index in [0.29, 0.717) is 12.6 Å². The molecule has 2 heterocycles. The Morgan fingerprint density at radius 3 is 3.17 bits per heavy atom. The van der Waals surface area contributed by atoms with Gasteiger partial charge in [-0.2, -0.15) is 0 Å². The first-order chi connectivity index (χ1) is 8.74. The van der Waals surface area contributed by atoms with Crippen molar-refractivity contribution in [2.24, 2.45) is 0 Å². The lowest BCUT2D eigenvalue weighted by Gasteiger charge is -2.25. The standard InChI is InChI=1S/C13H21N3O2/c1-10(17)7-15(11-2-3-11)8-12-6-14-13-9-18-5-4-16(12)13/h6,10-11,17H,2-5,7-9H2,1H3. The van der Waals surface area contributed by atoms with Crippen LogP contribution >= 0.6 is 0 Å². The van der Waals surface area contributed by atoms with Crippen molar-refractivity contribution in [3.63, 3.8) is 0 Å². The number of ether oxygens (including phenoxy) is 1. The number of fused-ring (bicyclic) bond motifs is 1. The van der Waals surface area contributed by atoms with Gasteiger partial charge in [-0.15, -0.1) is 0 Å². The maximum atomic E-state index is 9.58. The smallest absolute Gasteiger partial charge is 0.135 e. The third kappa shape index (κ3) is 2.58. The minimum Gasteiger partial charge on any atom is -0.392 e. The fourth-order valence-electron chi connectivity index (χ4n) is 2.62. The average Bonchev–Trinajstić information content (AvgIpc) is 3.12. The van der Waals surface area contributed by atoms with Crippen LogP contribution in [0.2, 0.25) is 0 Å². The second kappa shape index (κ2) is 4.99. The van der Waals surface area contributed by atoms with Crippen molar-refractivity contribution in [3.05, 3.63) is 17.7 Å². The SMILES string of the molecule is CC(O)CN(Cc1cnc2n1CCOC2)C1CC1. The quantitative estimate of drug-likeness (QED) is 0.839. The Hall–Kier alpha value is -0.910. The molecule has 1 unspecified atom stereocenters. The fraction of sp³-hybridized carbons (Fsp3) is 0.769. The number of imidazole rings is 1. The molecule has 0 bridgehead atoms. The first-order valence-corrected chi connectivity index (χ1v) is 6.77. The van der Waals surface area contributed by atoms with E-state index in [1.807, 2.05) is 13.1 Å². The van der Waals surface area contributed by atoms with E-state index in [0.717, 1.165) is 32.1 Å². The minimum absolute atomic E-state index is 0.266. The van der Waals surface area contributed by atoms with Gasteiger partial charge in [0.05, 0.1) is 18.4 Å². The van der Waals surface area contributed by atoms with Crippen molar-refractivity contribution in [1.82, 2.24) is 14.5 Å². The third-order valence-corrected chi connectivity index (χ3v) is 3.64. The molecule has 0 aromatic carbocycles. The van der Waals surface area contributed by atoms with Crippen LogP contribution in [0.4, 0.5) is 0 Å². The Balaban J connectivity index is 1.72. The molecule has 5 heteroatoms. The molecule has 1 N–H and O–H groups in total. The van der Waals surface area contributed by atoms with Gasteiger partial charge in [-0.3, -0.25) is 4.90 Å². The van der Waals surface area contributed by atoms with Gasteiger partial charge >= 0.3 is 0 Å². The molecule has 1 aromatic rings. The maximum absolute atomic E-state index is 9.58. The average molecular weight is 251 g/mol. The predicted octanol–water partition coefficient (Wildman–Crippen LogP) is 0.758. The highest BCUT2D eigenvalue weighted by Crippen LogP contribution is 2.28. The van der Waals surface area contributed by atoms with Gasteiger partial charge in [-0.25, -0.2) is 4.98 Å². The van der Waals surface area contributed by atoms with E-state index in [1.165, 1.54) is 18.5 Å². The van der Waals surface area contributed by atoms with E-state index in [9.17, 15) is 5.11 Å². The number of aliphatic hydroxyl groups excluding tert-OH is 1. The van der Waals surface area contributed by atoms with E-state index in [2.05, 4.69) is 14.5 Å². The molecule has 3 rings (SSSR count). The van der Waals surface area contributed by atoms with Crippen molar-refractivity contribution in [3.8, 4) is 0 Å². The van der Waals surface area contributed by atoms with Crippen LogP contribution in [0.25, 0.3) is 0 Å². The summed E-state index contributed by atoms with van der Waals surface area (Å²) >= 11 is 0. The molecule has 1 saturated carbocycles. The van der Waals surface area contributed by atoms with E-state index in [-0.39, 0.29) is 6.10 Å². The highest BCUT2D eigenvalue weighted by Gasteiger charge is 2.30. The molecule has 1 aliphatic carbocycles. The number of aliphatic hydroxyl groups is 1. The zero-order chi connectivity index (χ0) is 12.5. The number of nitrogens with zero attached hydrogens (tertiary/aromatic N) is 3. The van der Waals surface area contributed by atoms with Gasteiger partial charge in [0, 0.05) is 31.9 Å². The topological polar surface area (TPSA) is 50.5 Å². The van der Waals surface area contributed by atoms with Gasteiger partial charge in [0.1, 0.15) is 12.4 Å². The predicted molar refractivity (Wildman–Crippen MR) is 67.0 cm³/mol. The summed E-state index contributed by atoms with van der Waals surface area (Å²) in [4.78, 5) is 6.80. The van der Waals surface area contributed by atoms with E-state index < -0.39 is 0 Å². The van der Waals surface area contributed by atoms with E-state index in [4.69, 9.17) is 4.74 Å². The summed E-state index contributed by atoms with van der Waals surface area (Å²) in [7, 11) is 0. The largest absolute Gasteiger partial charge is 0.392 e. The van der Waals surface area contributed by atoms with Crippen LogP contribution < -0.4 is 0 Å².